The third-order valence-electron chi connectivity index (χ3n) is 2.28. The van der Waals surface area contributed by atoms with Crippen LogP contribution in [-0.4, -0.2) is 18.3 Å². The molecule has 2 rings (SSSR count). The van der Waals surface area contributed by atoms with Crippen LogP contribution in [0.2, 0.25) is 0 Å². The van der Waals surface area contributed by atoms with Gasteiger partial charge >= 0.3 is 0 Å². The number of ether oxygens (including phenoxy) is 1. The first-order chi connectivity index (χ1) is 5.81. The van der Waals surface area contributed by atoms with Crippen molar-refractivity contribution in [2.45, 2.75) is 18.4 Å². The molecule has 1 unspecified atom stereocenters. The van der Waals surface area contributed by atoms with E-state index in [4.69, 9.17) is 4.74 Å². The first-order valence-electron chi connectivity index (χ1n) is 4.14. The molecule has 1 atom stereocenters. The maximum absolute atomic E-state index is 10.1. The highest BCUT2D eigenvalue weighted by atomic mass is 32.1. The van der Waals surface area contributed by atoms with Gasteiger partial charge in [0.1, 0.15) is 5.60 Å². The van der Waals surface area contributed by atoms with Gasteiger partial charge < -0.3 is 9.84 Å². The number of aliphatic hydroxyl groups is 1. The summed E-state index contributed by atoms with van der Waals surface area (Å²) in [6.45, 7) is 1.23. The molecule has 12 heavy (non-hydrogen) atoms. The molecule has 2 heterocycles. The Hall–Kier alpha value is -0.380. The Labute approximate surface area is 75.8 Å². The molecule has 0 saturated carbocycles. The largest absolute Gasteiger partial charge is 0.383 e. The summed E-state index contributed by atoms with van der Waals surface area (Å²) >= 11 is 1.62. The standard InChI is InChI=1S/C9H12O2S/c10-9(3-1-4-11-7-9)8-2-5-12-6-8/h2,5-6,10H,1,3-4,7H2. The van der Waals surface area contributed by atoms with Crippen molar-refractivity contribution in [3.63, 3.8) is 0 Å². The van der Waals surface area contributed by atoms with E-state index < -0.39 is 5.60 Å². The number of hydrogen-bond donors (Lipinski definition) is 1. The van der Waals surface area contributed by atoms with Gasteiger partial charge in [0.25, 0.3) is 0 Å². The molecule has 1 aliphatic heterocycles. The first-order valence-corrected chi connectivity index (χ1v) is 5.08. The molecule has 66 valence electrons. The lowest BCUT2D eigenvalue weighted by atomic mass is 9.91. The van der Waals surface area contributed by atoms with E-state index in [9.17, 15) is 5.11 Å². The second-order valence-corrected chi connectivity index (χ2v) is 3.98. The van der Waals surface area contributed by atoms with E-state index in [1.54, 1.807) is 11.3 Å². The van der Waals surface area contributed by atoms with Crippen LogP contribution in [0.25, 0.3) is 0 Å². The molecule has 1 aromatic rings. The van der Waals surface area contributed by atoms with Crippen LogP contribution in [0.4, 0.5) is 0 Å². The van der Waals surface area contributed by atoms with Crippen molar-refractivity contribution < 1.29 is 9.84 Å². The molecule has 0 spiro atoms. The first kappa shape index (κ1) is 8.23. The van der Waals surface area contributed by atoms with Crippen LogP contribution in [0.1, 0.15) is 18.4 Å². The lowest BCUT2D eigenvalue weighted by Crippen LogP contribution is -2.35. The smallest absolute Gasteiger partial charge is 0.114 e. The highest BCUT2D eigenvalue weighted by Crippen LogP contribution is 2.31. The summed E-state index contributed by atoms with van der Waals surface area (Å²) in [6.07, 6.45) is 1.77. The Balaban J connectivity index is 2.19. The average Bonchev–Trinajstić information content (AvgIpc) is 2.58. The summed E-state index contributed by atoms with van der Waals surface area (Å²) < 4.78 is 5.26. The van der Waals surface area contributed by atoms with Crippen molar-refractivity contribution >= 4 is 11.3 Å². The second-order valence-electron chi connectivity index (χ2n) is 3.20. The molecule has 1 aromatic heterocycles. The van der Waals surface area contributed by atoms with Crippen LogP contribution in [0.5, 0.6) is 0 Å². The summed E-state index contributed by atoms with van der Waals surface area (Å²) in [4.78, 5) is 0. The van der Waals surface area contributed by atoms with Gasteiger partial charge in [-0.25, -0.2) is 0 Å². The zero-order chi connectivity index (χ0) is 8.44. The van der Waals surface area contributed by atoms with Crippen LogP contribution >= 0.6 is 11.3 Å². The summed E-state index contributed by atoms with van der Waals surface area (Å²) in [7, 11) is 0. The van der Waals surface area contributed by atoms with Gasteiger partial charge in [-0.3, -0.25) is 0 Å². The number of thiophene rings is 1. The van der Waals surface area contributed by atoms with Crippen molar-refractivity contribution in [3.8, 4) is 0 Å². The van der Waals surface area contributed by atoms with E-state index >= 15 is 0 Å². The van der Waals surface area contributed by atoms with Gasteiger partial charge in [-0.2, -0.15) is 11.3 Å². The molecule has 0 bridgehead atoms. The number of rotatable bonds is 1. The zero-order valence-corrected chi connectivity index (χ0v) is 7.64. The van der Waals surface area contributed by atoms with Crippen molar-refractivity contribution in [1.82, 2.24) is 0 Å². The van der Waals surface area contributed by atoms with Crippen molar-refractivity contribution in [2.24, 2.45) is 0 Å². The Kier molecular flexibility index (Phi) is 2.17. The summed E-state index contributed by atoms with van der Waals surface area (Å²) in [5.74, 6) is 0. The zero-order valence-electron chi connectivity index (χ0n) is 6.82. The quantitative estimate of drug-likeness (QED) is 0.720. The van der Waals surface area contributed by atoms with Crippen molar-refractivity contribution in [2.75, 3.05) is 13.2 Å². The Morgan fingerprint density at radius 2 is 2.50 bits per heavy atom. The topological polar surface area (TPSA) is 29.5 Å². The SMILES string of the molecule is OC1(c2ccsc2)CCCOC1. The minimum atomic E-state index is -0.710. The van der Waals surface area contributed by atoms with E-state index in [1.807, 2.05) is 16.8 Å². The fourth-order valence-electron chi connectivity index (χ4n) is 1.54. The van der Waals surface area contributed by atoms with Gasteiger partial charge in [0.2, 0.25) is 0 Å². The monoisotopic (exact) mass is 184 g/mol. The van der Waals surface area contributed by atoms with Crippen LogP contribution < -0.4 is 0 Å². The summed E-state index contributed by atoms with van der Waals surface area (Å²) in [6, 6.07) is 1.97. The van der Waals surface area contributed by atoms with Crippen LogP contribution in [0.15, 0.2) is 16.8 Å². The molecular formula is C9H12O2S. The van der Waals surface area contributed by atoms with E-state index in [2.05, 4.69) is 0 Å². The highest BCUT2D eigenvalue weighted by molar-refractivity contribution is 7.08. The Morgan fingerprint density at radius 3 is 3.08 bits per heavy atom. The molecule has 1 N–H and O–H groups in total. The van der Waals surface area contributed by atoms with Gasteiger partial charge in [0, 0.05) is 6.61 Å². The Morgan fingerprint density at radius 1 is 1.58 bits per heavy atom. The minimum absolute atomic E-state index is 0.448. The third-order valence-corrected chi connectivity index (χ3v) is 2.96. The summed E-state index contributed by atoms with van der Waals surface area (Å²) in [5.41, 5.74) is 0.297. The molecule has 1 saturated heterocycles. The average molecular weight is 184 g/mol. The fraction of sp³-hybridized carbons (Fsp3) is 0.556. The maximum Gasteiger partial charge on any atom is 0.114 e. The molecule has 3 heteroatoms. The fourth-order valence-corrected chi connectivity index (χ4v) is 2.29. The molecule has 0 aromatic carbocycles. The van der Waals surface area contributed by atoms with E-state index in [1.165, 1.54) is 0 Å². The second kappa shape index (κ2) is 3.17. The Bertz CT molecular complexity index is 237. The van der Waals surface area contributed by atoms with Crippen LogP contribution in [-0.2, 0) is 10.3 Å². The molecule has 1 aliphatic rings. The lowest BCUT2D eigenvalue weighted by molar-refractivity contribution is -0.0900. The third kappa shape index (κ3) is 1.40. The van der Waals surface area contributed by atoms with Crippen molar-refractivity contribution in [3.05, 3.63) is 22.4 Å². The van der Waals surface area contributed by atoms with E-state index in [0.29, 0.717) is 6.61 Å². The lowest BCUT2D eigenvalue weighted by Gasteiger charge is -2.31. The molecule has 0 radical (unpaired) electrons. The predicted molar refractivity (Wildman–Crippen MR) is 48.3 cm³/mol. The summed E-state index contributed by atoms with van der Waals surface area (Å²) in [5, 5.41) is 14.1. The molecular weight excluding hydrogens is 172 g/mol. The van der Waals surface area contributed by atoms with Gasteiger partial charge in [-0.15, -0.1) is 0 Å². The number of hydrogen-bond acceptors (Lipinski definition) is 3. The minimum Gasteiger partial charge on any atom is -0.383 e. The molecule has 0 aliphatic carbocycles. The maximum atomic E-state index is 10.1. The van der Waals surface area contributed by atoms with Crippen LogP contribution in [0, 0.1) is 0 Å². The van der Waals surface area contributed by atoms with E-state index in [-0.39, 0.29) is 0 Å². The molecule has 0 amide bonds. The van der Waals surface area contributed by atoms with E-state index in [0.717, 1.165) is 25.0 Å². The van der Waals surface area contributed by atoms with Gasteiger partial charge in [-0.05, 0) is 35.2 Å². The highest BCUT2D eigenvalue weighted by Gasteiger charge is 2.32. The van der Waals surface area contributed by atoms with Crippen LogP contribution in [0.3, 0.4) is 0 Å². The molecule has 1 fully saturated rings. The van der Waals surface area contributed by atoms with Gasteiger partial charge in [0.05, 0.1) is 6.61 Å². The molecule has 2 nitrogen and oxygen atoms in total. The van der Waals surface area contributed by atoms with Crippen molar-refractivity contribution in [1.29, 1.82) is 0 Å². The van der Waals surface area contributed by atoms with Gasteiger partial charge in [0.15, 0.2) is 0 Å². The predicted octanol–water partition coefficient (Wildman–Crippen LogP) is 1.75. The van der Waals surface area contributed by atoms with Gasteiger partial charge in [-0.1, -0.05) is 0 Å². The normalized spacial score (nSPS) is 30.4.